The second-order valence-electron chi connectivity index (χ2n) is 5.39. The maximum absolute atomic E-state index is 13.0. The predicted molar refractivity (Wildman–Crippen MR) is 91.6 cm³/mol. The van der Waals surface area contributed by atoms with E-state index in [-0.39, 0.29) is 5.41 Å². The van der Waals surface area contributed by atoms with Gasteiger partial charge in [-0.1, -0.05) is 72.2 Å². The van der Waals surface area contributed by atoms with Gasteiger partial charge in [-0.3, -0.25) is 4.79 Å². The van der Waals surface area contributed by atoms with Crippen molar-refractivity contribution >= 4 is 21.7 Å². The quantitative estimate of drug-likeness (QED) is 0.693. The molecule has 2 heteroatoms. The third-order valence-electron chi connectivity index (χ3n) is 4.32. The normalized spacial score (nSPS) is 11.4. The van der Waals surface area contributed by atoms with Crippen LogP contribution in [0.4, 0.5) is 0 Å². The molecule has 0 aliphatic carbocycles. The average Bonchev–Trinajstić information content (AvgIpc) is 2.50. The Bertz CT molecular complexity index is 600. The predicted octanol–water partition coefficient (Wildman–Crippen LogP) is 5.32. The minimum Gasteiger partial charge on any atom is -0.298 e. The molecule has 0 unspecified atom stereocenters. The second-order valence-corrected chi connectivity index (χ2v) is 6.30. The van der Waals surface area contributed by atoms with Crippen LogP contribution in [0.1, 0.15) is 37.8 Å². The third-order valence-corrected chi connectivity index (χ3v) is 4.81. The number of halogens is 1. The first-order chi connectivity index (χ1) is 10.1. The van der Waals surface area contributed by atoms with E-state index in [4.69, 9.17) is 0 Å². The van der Waals surface area contributed by atoms with Crippen molar-refractivity contribution in [3.05, 3.63) is 70.2 Å². The summed E-state index contributed by atoms with van der Waals surface area (Å²) in [6, 6.07) is 18.2. The number of hydrogen-bond acceptors (Lipinski definition) is 1. The maximum Gasteiger partial charge on any atom is 0.147 e. The minimum absolute atomic E-state index is 0.303. The molecule has 0 atom stereocenters. The van der Waals surface area contributed by atoms with E-state index in [0.29, 0.717) is 12.2 Å². The Balaban J connectivity index is 2.32. The van der Waals surface area contributed by atoms with Crippen molar-refractivity contribution in [3.8, 4) is 0 Å². The molecule has 21 heavy (non-hydrogen) atoms. The van der Waals surface area contributed by atoms with Crippen LogP contribution in [0.2, 0.25) is 0 Å². The number of rotatable bonds is 6. The fourth-order valence-electron chi connectivity index (χ4n) is 2.97. The smallest absolute Gasteiger partial charge is 0.147 e. The zero-order valence-electron chi connectivity index (χ0n) is 12.6. The Hall–Kier alpha value is -1.41. The van der Waals surface area contributed by atoms with Crippen molar-refractivity contribution in [1.82, 2.24) is 0 Å². The highest BCUT2D eigenvalue weighted by molar-refractivity contribution is 9.10. The molecular weight excluding hydrogens is 324 g/mol. The van der Waals surface area contributed by atoms with Gasteiger partial charge in [0.15, 0.2) is 0 Å². The molecule has 0 spiro atoms. The third kappa shape index (κ3) is 3.44. The highest BCUT2D eigenvalue weighted by Gasteiger charge is 2.35. The van der Waals surface area contributed by atoms with Gasteiger partial charge in [0.25, 0.3) is 0 Å². The summed E-state index contributed by atoms with van der Waals surface area (Å²) in [5.41, 5.74) is 1.83. The molecule has 0 bridgehead atoms. The number of ketones is 1. The summed E-state index contributed by atoms with van der Waals surface area (Å²) in [6.07, 6.45) is 2.15. The van der Waals surface area contributed by atoms with Crippen LogP contribution >= 0.6 is 15.9 Å². The summed E-state index contributed by atoms with van der Waals surface area (Å²) >= 11 is 3.47. The van der Waals surface area contributed by atoms with Crippen molar-refractivity contribution in [3.63, 3.8) is 0 Å². The van der Waals surface area contributed by atoms with Crippen molar-refractivity contribution in [1.29, 1.82) is 0 Å². The van der Waals surface area contributed by atoms with Gasteiger partial charge in [-0.05, 0) is 36.1 Å². The first-order valence-corrected chi connectivity index (χ1v) is 8.25. The lowest BCUT2D eigenvalue weighted by Gasteiger charge is -2.31. The summed E-state index contributed by atoms with van der Waals surface area (Å²) in [5, 5.41) is 0. The summed E-state index contributed by atoms with van der Waals surface area (Å²) < 4.78 is 1.02. The highest BCUT2D eigenvalue weighted by atomic mass is 79.9. The zero-order chi connectivity index (χ0) is 15.3. The molecule has 0 saturated heterocycles. The van der Waals surface area contributed by atoms with Crippen LogP contribution in [0, 0.1) is 0 Å². The van der Waals surface area contributed by atoms with Gasteiger partial charge in [0.05, 0.1) is 5.41 Å². The van der Waals surface area contributed by atoms with Gasteiger partial charge < -0.3 is 0 Å². The highest BCUT2D eigenvalue weighted by Crippen LogP contribution is 2.34. The molecule has 1 nitrogen and oxygen atoms in total. The molecular formula is C19H21BrO. The van der Waals surface area contributed by atoms with Crippen molar-refractivity contribution in [2.75, 3.05) is 0 Å². The molecule has 0 radical (unpaired) electrons. The largest absolute Gasteiger partial charge is 0.298 e. The first kappa shape index (κ1) is 16.0. The Morgan fingerprint density at radius 3 is 2.24 bits per heavy atom. The van der Waals surface area contributed by atoms with Crippen LogP contribution < -0.4 is 0 Å². The summed E-state index contributed by atoms with van der Waals surface area (Å²) in [5.74, 6) is 0.303. The van der Waals surface area contributed by atoms with Crippen LogP contribution in [0.15, 0.2) is 59.1 Å². The van der Waals surface area contributed by atoms with E-state index < -0.39 is 0 Å². The van der Waals surface area contributed by atoms with Gasteiger partial charge in [0.2, 0.25) is 0 Å². The van der Waals surface area contributed by atoms with Crippen LogP contribution in [0.25, 0.3) is 0 Å². The lowest BCUT2D eigenvalue weighted by atomic mass is 9.71. The standard InChI is InChI=1S/C19H21BrO/c1-3-19(4-2,16-10-6-5-7-11-16)18(21)14-15-9-8-12-17(20)13-15/h5-13H,3-4,14H2,1-2H3. The van der Waals surface area contributed by atoms with E-state index in [1.165, 1.54) is 0 Å². The Morgan fingerprint density at radius 2 is 1.67 bits per heavy atom. The van der Waals surface area contributed by atoms with Crippen molar-refractivity contribution in [2.45, 2.75) is 38.5 Å². The fourth-order valence-corrected chi connectivity index (χ4v) is 3.42. The van der Waals surface area contributed by atoms with Crippen LogP contribution in [0.3, 0.4) is 0 Å². The molecule has 2 rings (SSSR count). The van der Waals surface area contributed by atoms with E-state index in [9.17, 15) is 4.79 Å². The number of carbonyl (C=O) groups excluding carboxylic acids is 1. The molecule has 0 N–H and O–H groups in total. The van der Waals surface area contributed by atoms with Crippen LogP contribution in [-0.4, -0.2) is 5.78 Å². The Kier molecular flexibility index (Phi) is 5.35. The van der Waals surface area contributed by atoms with E-state index in [1.807, 2.05) is 42.5 Å². The van der Waals surface area contributed by atoms with Crippen LogP contribution in [-0.2, 0) is 16.6 Å². The van der Waals surface area contributed by atoms with Gasteiger partial charge in [-0.25, -0.2) is 0 Å². The van der Waals surface area contributed by atoms with Gasteiger partial charge in [0, 0.05) is 10.9 Å². The fraction of sp³-hybridized carbons (Fsp3) is 0.316. The van der Waals surface area contributed by atoms with Crippen LogP contribution in [0.5, 0.6) is 0 Å². The monoisotopic (exact) mass is 344 g/mol. The van der Waals surface area contributed by atoms with Gasteiger partial charge in [0.1, 0.15) is 5.78 Å². The summed E-state index contributed by atoms with van der Waals surface area (Å²) in [6.45, 7) is 4.21. The molecule has 0 heterocycles. The first-order valence-electron chi connectivity index (χ1n) is 7.45. The lowest BCUT2D eigenvalue weighted by Crippen LogP contribution is -2.36. The molecule has 0 aliphatic rings. The topological polar surface area (TPSA) is 17.1 Å². The Labute approximate surface area is 135 Å². The van der Waals surface area contributed by atoms with Gasteiger partial charge in [-0.2, -0.15) is 0 Å². The maximum atomic E-state index is 13.0. The van der Waals surface area contributed by atoms with Crippen molar-refractivity contribution < 1.29 is 4.79 Å². The molecule has 110 valence electrons. The summed E-state index contributed by atoms with van der Waals surface area (Å²) in [4.78, 5) is 13.0. The minimum atomic E-state index is -0.371. The molecule has 0 aliphatic heterocycles. The molecule has 2 aromatic rings. The van der Waals surface area contributed by atoms with E-state index >= 15 is 0 Å². The van der Waals surface area contributed by atoms with E-state index in [2.05, 4.69) is 41.9 Å². The summed E-state index contributed by atoms with van der Waals surface area (Å²) in [7, 11) is 0. The van der Waals surface area contributed by atoms with Crippen molar-refractivity contribution in [2.24, 2.45) is 0 Å². The molecule has 0 fully saturated rings. The molecule has 0 amide bonds. The molecule has 0 saturated carbocycles. The lowest BCUT2D eigenvalue weighted by molar-refractivity contribution is -0.124. The zero-order valence-corrected chi connectivity index (χ0v) is 14.2. The van der Waals surface area contributed by atoms with Gasteiger partial charge in [-0.15, -0.1) is 0 Å². The number of benzene rings is 2. The SMILES string of the molecule is CCC(CC)(C(=O)Cc1cccc(Br)c1)c1ccccc1. The number of hydrogen-bond donors (Lipinski definition) is 0. The molecule has 0 aromatic heterocycles. The molecule has 2 aromatic carbocycles. The average molecular weight is 345 g/mol. The number of carbonyl (C=O) groups is 1. The number of Topliss-reactive ketones (excluding diaryl/α,β-unsaturated/α-hetero) is 1. The van der Waals surface area contributed by atoms with E-state index in [0.717, 1.165) is 28.4 Å². The van der Waals surface area contributed by atoms with Gasteiger partial charge >= 0.3 is 0 Å². The second kappa shape index (κ2) is 7.04. The Morgan fingerprint density at radius 1 is 1.00 bits per heavy atom. The van der Waals surface area contributed by atoms with E-state index in [1.54, 1.807) is 0 Å².